The molecule has 0 amide bonds. The Hall–Kier alpha value is -3.29. The maximum atomic E-state index is 11.6. The maximum absolute atomic E-state index is 11.6. The number of esters is 1. The number of carbonyl (C=O) groups is 1. The molecule has 0 saturated heterocycles. The minimum atomic E-state index is -0.518. The summed E-state index contributed by atoms with van der Waals surface area (Å²) in [7, 11) is 0. The highest BCUT2D eigenvalue weighted by Gasteiger charge is 2.16. The zero-order valence-corrected chi connectivity index (χ0v) is 14.7. The number of carbonyl (C=O) groups excluding carboxylic acids is 1. The molecule has 8 nitrogen and oxygen atoms in total. The van der Waals surface area contributed by atoms with E-state index in [1.165, 1.54) is 6.07 Å². The van der Waals surface area contributed by atoms with Crippen LogP contribution in [0.15, 0.2) is 35.0 Å². The van der Waals surface area contributed by atoms with Crippen molar-refractivity contribution in [2.24, 2.45) is 0 Å². The van der Waals surface area contributed by atoms with Crippen LogP contribution in [0.2, 0.25) is 0 Å². The Bertz CT molecular complexity index is 889. The van der Waals surface area contributed by atoms with Gasteiger partial charge in [-0.1, -0.05) is 5.16 Å². The summed E-state index contributed by atoms with van der Waals surface area (Å²) in [5.74, 6) is 0.416. The van der Waals surface area contributed by atoms with Crippen LogP contribution >= 0.6 is 0 Å². The third-order valence-electron chi connectivity index (χ3n) is 3.66. The van der Waals surface area contributed by atoms with E-state index in [1.54, 1.807) is 19.2 Å². The van der Waals surface area contributed by atoms with Crippen molar-refractivity contribution >= 4 is 5.97 Å². The average molecular weight is 354 g/mol. The van der Waals surface area contributed by atoms with Crippen LogP contribution in [0.3, 0.4) is 0 Å². The summed E-state index contributed by atoms with van der Waals surface area (Å²) in [5, 5.41) is 11.8. The molecule has 0 spiro atoms. The van der Waals surface area contributed by atoms with Crippen LogP contribution in [0.4, 0.5) is 0 Å². The van der Waals surface area contributed by atoms with Gasteiger partial charge in [-0.25, -0.2) is 4.79 Å². The number of pyridine rings is 1. The summed E-state index contributed by atoms with van der Waals surface area (Å²) in [4.78, 5) is 15.9. The quantitative estimate of drug-likeness (QED) is 0.623. The van der Waals surface area contributed by atoms with Gasteiger partial charge in [-0.3, -0.25) is 4.98 Å². The summed E-state index contributed by atoms with van der Waals surface area (Å²) < 4.78 is 15.8. The molecule has 0 aliphatic carbocycles. The normalized spacial score (nSPS) is 10.6. The third kappa shape index (κ3) is 3.85. The predicted molar refractivity (Wildman–Crippen MR) is 91.5 cm³/mol. The van der Waals surface area contributed by atoms with Crippen LogP contribution in [0, 0.1) is 13.8 Å². The van der Waals surface area contributed by atoms with Gasteiger partial charge in [0, 0.05) is 23.5 Å². The number of aromatic nitrogens is 4. The zero-order chi connectivity index (χ0) is 18.5. The maximum Gasteiger partial charge on any atom is 0.358 e. The van der Waals surface area contributed by atoms with Crippen molar-refractivity contribution in [2.75, 3.05) is 6.61 Å². The van der Waals surface area contributed by atoms with Crippen molar-refractivity contribution in [3.63, 3.8) is 0 Å². The molecule has 0 atom stereocenters. The number of rotatable bonds is 6. The van der Waals surface area contributed by atoms with Crippen molar-refractivity contribution in [1.82, 2.24) is 20.3 Å². The van der Waals surface area contributed by atoms with Gasteiger partial charge in [-0.15, -0.1) is 10.2 Å². The van der Waals surface area contributed by atoms with E-state index in [2.05, 4.69) is 20.3 Å². The molecule has 0 fully saturated rings. The fraction of sp³-hybridized carbons (Fsp3) is 0.278. The second-order valence-electron chi connectivity index (χ2n) is 5.52. The Morgan fingerprint density at radius 1 is 1.15 bits per heavy atom. The molecular weight excluding hydrogens is 336 g/mol. The van der Waals surface area contributed by atoms with Crippen molar-refractivity contribution < 1.29 is 18.8 Å². The smallest absolute Gasteiger partial charge is 0.358 e. The van der Waals surface area contributed by atoms with Crippen LogP contribution in [-0.4, -0.2) is 32.9 Å². The van der Waals surface area contributed by atoms with E-state index in [9.17, 15) is 4.79 Å². The standard InChI is InChI=1S/C18H18N4O4/c1-4-24-18(23)15-7-8-16(21-20-15)25-10-14-12(3)26-22-17(14)13-6-5-11(2)19-9-13/h5-9H,4,10H2,1-3H3. The van der Waals surface area contributed by atoms with Crippen molar-refractivity contribution in [1.29, 1.82) is 0 Å². The van der Waals surface area contributed by atoms with Gasteiger partial charge in [0.05, 0.1) is 12.2 Å². The monoisotopic (exact) mass is 354 g/mol. The zero-order valence-electron chi connectivity index (χ0n) is 14.7. The Labute approximate surface area is 150 Å². The van der Waals surface area contributed by atoms with Crippen LogP contribution in [0.1, 0.15) is 34.4 Å². The predicted octanol–water partition coefficient (Wildman–Crippen LogP) is 2.90. The van der Waals surface area contributed by atoms with Crippen LogP contribution in [0.5, 0.6) is 5.88 Å². The Morgan fingerprint density at radius 3 is 2.65 bits per heavy atom. The van der Waals surface area contributed by atoms with E-state index in [4.69, 9.17) is 14.0 Å². The highest BCUT2D eigenvalue weighted by molar-refractivity contribution is 5.86. The fourth-order valence-electron chi connectivity index (χ4n) is 2.25. The van der Waals surface area contributed by atoms with Gasteiger partial charge in [0.2, 0.25) is 5.88 Å². The van der Waals surface area contributed by atoms with Crippen molar-refractivity contribution in [3.8, 4) is 17.1 Å². The summed E-state index contributed by atoms with van der Waals surface area (Å²) in [6.07, 6.45) is 1.74. The first-order chi connectivity index (χ1) is 12.6. The van der Waals surface area contributed by atoms with E-state index < -0.39 is 5.97 Å². The molecule has 0 aliphatic rings. The van der Waals surface area contributed by atoms with E-state index in [1.807, 2.05) is 26.0 Å². The van der Waals surface area contributed by atoms with Crippen molar-refractivity contribution in [3.05, 3.63) is 53.2 Å². The first kappa shape index (κ1) is 17.5. The van der Waals surface area contributed by atoms with Crippen molar-refractivity contribution in [2.45, 2.75) is 27.4 Å². The molecule has 8 heteroatoms. The van der Waals surface area contributed by atoms with Crippen LogP contribution in [-0.2, 0) is 11.3 Å². The highest BCUT2D eigenvalue weighted by Crippen LogP contribution is 2.25. The lowest BCUT2D eigenvalue weighted by atomic mass is 10.1. The second-order valence-corrected chi connectivity index (χ2v) is 5.52. The molecule has 3 aromatic rings. The summed E-state index contributed by atoms with van der Waals surface area (Å²) in [5.41, 5.74) is 3.36. The molecule has 134 valence electrons. The fourth-order valence-corrected chi connectivity index (χ4v) is 2.25. The van der Waals surface area contributed by atoms with E-state index >= 15 is 0 Å². The Kier molecular flexibility index (Phi) is 5.21. The molecule has 0 N–H and O–H groups in total. The van der Waals surface area contributed by atoms with E-state index in [0.29, 0.717) is 11.5 Å². The lowest BCUT2D eigenvalue weighted by molar-refractivity contribution is 0.0518. The Morgan fingerprint density at radius 2 is 2.00 bits per heavy atom. The molecule has 0 aliphatic heterocycles. The van der Waals surface area contributed by atoms with Gasteiger partial charge >= 0.3 is 5.97 Å². The molecule has 0 aromatic carbocycles. The lowest BCUT2D eigenvalue weighted by Gasteiger charge is -2.06. The Balaban J connectivity index is 1.73. The minimum absolute atomic E-state index is 0.131. The lowest BCUT2D eigenvalue weighted by Crippen LogP contribution is -2.08. The highest BCUT2D eigenvalue weighted by atomic mass is 16.5. The van der Waals surface area contributed by atoms with E-state index in [-0.39, 0.29) is 24.8 Å². The first-order valence-corrected chi connectivity index (χ1v) is 8.10. The van der Waals surface area contributed by atoms with E-state index in [0.717, 1.165) is 16.8 Å². The molecule has 3 aromatic heterocycles. The molecular formula is C18H18N4O4. The summed E-state index contributed by atoms with van der Waals surface area (Å²) in [6, 6.07) is 6.90. The van der Waals surface area contributed by atoms with Gasteiger partial charge in [0.1, 0.15) is 18.1 Å². The average Bonchev–Trinajstić information content (AvgIpc) is 3.02. The second kappa shape index (κ2) is 7.73. The SMILES string of the molecule is CCOC(=O)c1ccc(OCc2c(-c3ccc(C)nc3)noc2C)nn1. The molecule has 3 rings (SSSR count). The molecule has 3 heterocycles. The van der Waals surface area contributed by atoms with Gasteiger partial charge in [-0.05, 0) is 39.0 Å². The molecule has 0 bridgehead atoms. The van der Waals surface area contributed by atoms with Crippen LogP contribution in [0.25, 0.3) is 11.3 Å². The molecule has 0 unspecified atom stereocenters. The topological polar surface area (TPSA) is 100 Å². The summed E-state index contributed by atoms with van der Waals surface area (Å²) >= 11 is 0. The minimum Gasteiger partial charge on any atom is -0.472 e. The molecule has 0 radical (unpaired) electrons. The number of nitrogens with zero attached hydrogens (tertiary/aromatic N) is 4. The third-order valence-corrected chi connectivity index (χ3v) is 3.66. The number of hydrogen-bond donors (Lipinski definition) is 0. The van der Waals surface area contributed by atoms with Gasteiger partial charge in [0.25, 0.3) is 0 Å². The number of hydrogen-bond acceptors (Lipinski definition) is 8. The molecule has 26 heavy (non-hydrogen) atoms. The van der Waals surface area contributed by atoms with Gasteiger partial charge in [0.15, 0.2) is 5.69 Å². The van der Waals surface area contributed by atoms with Gasteiger partial charge in [-0.2, -0.15) is 0 Å². The molecule has 0 saturated carbocycles. The number of aryl methyl sites for hydroxylation is 2. The first-order valence-electron chi connectivity index (χ1n) is 8.10. The summed E-state index contributed by atoms with van der Waals surface area (Å²) in [6.45, 7) is 5.94. The van der Waals surface area contributed by atoms with Gasteiger partial charge < -0.3 is 14.0 Å². The number of ether oxygens (including phenoxy) is 2. The van der Waals surface area contributed by atoms with Crippen LogP contribution < -0.4 is 4.74 Å². The largest absolute Gasteiger partial charge is 0.472 e.